The van der Waals surface area contributed by atoms with E-state index >= 15 is 0 Å². The molecule has 3 rings (SSSR count). The molecule has 0 fully saturated rings. The first-order valence-corrected chi connectivity index (χ1v) is 8.08. The lowest BCUT2D eigenvalue weighted by Gasteiger charge is -2.02. The van der Waals surface area contributed by atoms with Gasteiger partial charge in [-0.05, 0) is 36.8 Å². The van der Waals surface area contributed by atoms with E-state index in [1.54, 1.807) is 55.5 Å². The van der Waals surface area contributed by atoms with E-state index in [-0.39, 0.29) is 0 Å². The van der Waals surface area contributed by atoms with Crippen LogP contribution in [0, 0.1) is 6.92 Å². The first-order chi connectivity index (χ1) is 14.1. The molecule has 0 heterocycles. The maximum absolute atomic E-state index is 10.3. The topological polar surface area (TPSA) is 118 Å². The van der Waals surface area contributed by atoms with Gasteiger partial charge in [0.25, 0.3) is 0 Å². The summed E-state index contributed by atoms with van der Waals surface area (Å²) in [6.07, 6.45) is 5.83. The number of carbonyl (C=O) groups excluding carboxylic acids is 4. The van der Waals surface area contributed by atoms with Crippen molar-refractivity contribution in [3.05, 3.63) is 60.2 Å². The van der Waals surface area contributed by atoms with Gasteiger partial charge in [-0.2, -0.15) is 20.0 Å². The Morgan fingerprint density at radius 1 is 0.586 bits per heavy atom. The van der Waals surface area contributed by atoms with Crippen molar-refractivity contribution in [3.63, 3.8) is 0 Å². The average Bonchev–Trinajstić information content (AvgIpc) is 2.73. The number of hydrogen-bond donors (Lipinski definition) is 0. The first kappa shape index (κ1) is 20.7. The molecule has 0 spiro atoms. The van der Waals surface area contributed by atoms with Gasteiger partial charge in [0.2, 0.25) is 24.3 Å². The van der Waals surface area contributed by atoms with Gasteiger partial charge in [0.05, 0.1) is 22.7 Å². The molecular formula is C21H12N4O4. The molecule has 0 aliphatic rings. The van der Waals surface area contributed by atoms with Gasteiger partial charge in [-0.15, -0.1) is 0 Å². The molecule has 8 heteroatoms. The minimum absolute atomic E-state index is 0.426. The van der Waals surface area contributed by atoms with Crippen LogP contribution in [0.3, 0.4) is 0 Å². The third-order valence-electron chi connectivity index (χ3n) is 3.74. The van der Waals surface area contributed by atoms with Crippen molar-refractivity contribution < 1.29 is 19.2 Å². The predicted molar refractivity (Wildman–Crippen MR) is 106 cm³/mol. The van der Waals surface area contributed by atoms with Gasteiger partial charge in [0, 0.05) is 10.8 Å². The number of isocyanates is 4. The number of aryl methyl sites for hydroxylation is 1. The molecule has 0 N–H and O–H groups in total. The fourth-order valence-electron chi connectivity index (χ4n) is 2.46. The monoisotopic (exact) mass is 384 g/mol. The fourth-order valence-corrected chi connectivity index (χ4v) is 2.46. The van der Waals surface area contributed by atoms with Gasteiger partial charge in [0.1, 0.15) is 0 Å². The highest BCUT2D eigenvalue weighted by Crippen LogP contribution is 2.31. The lowest BCUT2D eigenvalue weighted by atomic mass is 10.1. The number of hydrogen-bond acceptors (Lipinski definition) is 8. The van der Waals surface area contributed by atoms with Gasteiger partial charge < -0.3 is 0 Å². The van der Waals surface area contributed by atoms with E-state index in [1.807, 2.05) is 0 Å². The summed E-state index contributed by atoms with van der Waals surface area (Å²) in [6, 6.07) is 15.3. The maximum Gasteiger partial charge on any atom is 0.240 e. The maximum atomic E-state index is 10.3. The van der Waals surface area contributed by atoms with Crippen molar-refractivity contribution in [1.29, 1.82) is 0 Å². The normalized spacial score (nSPS) is 8.86. The molecule has 0 atom stereocenters. The molecule has 8 nitrogen and oxygen atoms in total. The Hall–Kier alpha value is -4.56. The van der Waals surface area contributed by atoms with Crippen LogP contribution in [0.5, 0.6) is 0 Å². The number of aliphatic imine (C=N–C) groups is 4. The Bertz CT molecular complexity index is 1190. The smallest absolute Gasteiger partial charge is 0.211 e. The van der Waals surface area contributed by atoms with Crippen molar-refractivity contribution >= 4 is 57.8 Å². The highest BCUT2D eigenvalue weighted by Gasteiger charge is 2.03. The standard InChI is InChI=1S/C12H6N2O2.C9H6N2O2/c15-7-13-11-5-1-3-9-10(11)4-2-6-12(9)14-8-16;1-7-2-3-8(10-5-12)4-9(7)11-6-13/h1-6H;2-4H,1H3. The van der Waals surface area contributed by atoms with Crippen molar-refractivity contribution in [2.45, 2.75) is 6.92 Å². The van der Waals surface area contributed by atoms with Gasteiger partial charge in [0.15, 0.2) is 0 Å². The molecule has 0 unspecified atom stereocenters. The number of benzene rings is 3. The molecule has 140 valence electrons. The van der Waals surface area contributed by atoms with Crippen molar-refractivity contribution in [2.75, 3.05) is 0 Å². The molecule has 0 amide bonds. The van der Waals surface area contributed by atoms with Crippen molar-refractivity contribution in [3.8, 4) is 0 Å². The average molecular weight is 384 g/mol. The summed E-state index contributed by atoms with van der Waals surface area (Å²) >= 11 is 0. The van der Waals surface area contributed by atoms with Gasteiger partial charge in [-0.3, -0.25) is 0 Å². The third-order valence-corrected chi connectivity index (χ3v) is 3.74. The Balaban J connectivity index is 0.000000212. The molecule has 0 saturated heterocycles. The van der Waals surface area contributed by atoms with Crippen LogP contribution in [0.15, 0.2) is 74.6 Å². The number of fused-ring (bicyclic) bond motifs is 1. The molecule has 0 bridgehead atoms. The van der Waals surface area contributed by atoms with E-state index in [2.05, 4.69) is 20.0 Å². The molecule has 0 aliphatic heterocycles. The summed E-state index contributed by atoms with van der Waals surface area (Å²) in [6.45, 7) is 1.80. The first-order valence-electron chi connectivity index (χ1n) is 8.08. The van der Waals surface area contributed by atoms with Crippen LogP contribution in [0.1, 0.15) is 5.56 Å². The second-order valence-electron chi connectivity index (χ2n) is 5.43. The summed E-state index contributed by atoms with van der Waals surface area (Å²) in [5, 5.41) is 1.50. The third kappa shape index (κ3) is 5.46. The zero-order chi connectivity index (χ0) is 21.1. The summed E-state index contributed by atoms with van der Waals surface area (Å²) in [5.74, 6) is 0. The Morgan fingerprint density at radius 3 is 1.55 bits per heavy atom. The Labute approximate surface area is 164 Å². The van der Waals surface area contributed by atoms with Gasteiger partial charge in [-0.1, -0.05) is 30.3 Å². The van der Waals surface area contributed by atoms with Crippen molar-refractivity contribution in [2.24, 2.45) is 20.0 Å². The molecule has 3 aromatic carbocycles. The largest absolute Gasteiger partial charge is 0.240 e. The second-order valence-corrected chi connectivity index (χ2v) is 5.43. The lowest BCUT2D eigenvalue weighted by Crippen LogP contribution is -1.75. The molecule has 3 aromatic rings. The minimum Gasteiger partial charge on any atom is -0.211 e. The summed E-state index contributed by atoms with van der Waals surface area (Å²) in [7, 11) is 0. The van der Waals surface area contributed by atoms with E-state index in [1.165, 1.54) is 30.4 Å². The SMILES string of the molecule is Cc1ccc(N=C=O)cc1N=C=O.O=C=Nc1cccc2c(N=C=O)cccc12. The van der Waals surface area contributed by atoms with Crippen molar-refractivity contribution in [1.82, 2.24) is 0 Å². The predicted octanol–water partition coefficient (Wildman–Crippen LogP) is 4.70. The number of nitrogens with zero attached hydrogens (tertiary/aromatic N) is 4. The van der Waals surface area contributed by atoms with Crippen LogP contribution in [0.2, 0.25) is 0 Å². The highest BCUT2D eigenvalue weighted by atomic mass is 16.1. The van der Waals surface area contributed by atoms with Crippen LogP contribution in [-0.4, -0.2) is 24.3 Å². The number of rotatable bonds is 4. The van der Waals surface area contributed by atoms with E-state index < -0.39 is 0 Å². The Morgan fingerprint density at radius 2 is 1.07 bits per heavy atom. The zero-order valence-electron chi connectivity index (χ0n) is 15.1. The summed E-state index contributed by atoms with van der Waals surface area (Å²) in [5.41, 5.74) is 2.74. The van der Waals surface area contributed by atoms with E-state index in [0.717, 1.165) is 16.3 Å². The van der Waals surface area contributed by atoms with E-state index in [4.69, 9.17) is 0 Å². The quantitative estimate of drug-likeness (QED) is 0.478. The molecule has 0 radical (unpaired) electrons. The van der Waals surface area contributed by atoms with Crippen LogP contribution >= 0.6 is 0 Å². The highest BCUT2D eigenvalue weighted by molar-refractivity contribution is 6.00. The molecule has 0 aliphatic carbocycles. The van der Waals surface area contributed by atoms with Crippen LogP contribution < -0.4 is 0 Å². The molecule has 29 heavy (non-hydrogen) atoms. The molecular weight excluding hydrogens is 372 g/mol. The zero-order valence-corrected chi connectivity index (χ0v) is 15.1. The van der Waals surface area contributed by atoms with Crippen LogP contribution in [0.4, 0.5) is 22.7 Å². The molecule has 0 saturated carbocycles. The van der Waals surface area contributed by atoms with Gasteiger partial charge in [-0.25, -0.2) is 19.2 Å². The van der Waals surface area contributed by atoms with Crippen LogP contribution in [-0.2, 0) is 19.2 Å². The fraction of sp³-hybridized carbons (Fsp3) is 0.0476. The Kier molecular flexibility index (Phi) is 7.55. The minimum atomic E-state index is 0.426. The second kappa shape index (κ2) is 10.6. The molecule has 0 aromatic heterocycles. The van der Waals surface area contributed by atoms with Gasteiger partial charge >= 0.3 is 0 Å². The summed E-state index contributed by atoms with van der Waals surface area (Å²) < 4.78 is 0. The van der Waals surface area contributed by atoms with E-state index in [9.17, 15) is 19.2 Å². The summed E-state index contributed by atoms with van der Waals surface area (Å²) in [4.78, 5) is 54.5. The lowest BCUT2D eigenvalue weighted by molar-refractivity contribution is 0.564. The van der Waals surface area contributed by atoms with Crippen LogP contribution in [0.25, 0.3) is 10.8 Å². The van der Waals surface area contributed by atoms with E-state index in [0.29, 0.717) is 22.7 Å².